The van der Waals surface area contributed by atoms with Gasteiger partial charge in [0.15, 0.2) is 0 Å². The van der Waals surface area contributed by atoms with Gasteiger partial charge >= 0.3 is 0 Å². The van der Waals surface area contributed by atoms with Crippen LogP contribution < -0.4 is 9.46 Å². The summed E-state index contributed by atoms with van der Waals surface area (Å²) in [4.78, 5) is 11.1. The first-order valence-corrected chi connectivity index (χ1v) is 11.6. The van der Waals surface area contributed by atoms with Gasteiger partial charge in [-0.05, 0) is 23.8 Å². The monoisotopic (exact) mass is 468 g/mol. The van der Waals surface area contributed by atoms with Crippen molar-refractivity contribution in [2.75, 3.05) is 17.6 Å². The number of nitrogens with zero attached hydrogens (tertiary/aromatic N) is 1. The summed E-state index contributed by atoms with van der Waals surface area (Å²) in [5.74, 6) is -0.675. The summed E-state index contributed by atoms with van der Waals surface area (Å²) in [6.45, 7) is 1.01. The zero-order chi connectivity index (χ0) is 23.6. The summed E-state index contributed by atoms with van der Waals surface area (Å²) >= 11 is 0. The number of aliphatic hydroxyl groups excluding tert-OH is 3. The van der Waals surface area contributed by atoms with Gasteiger partial charge in [-0.25, -0.2) is 8.42 Å². The molecule has 0 amide bonds. The van der Waals surface area contributed by atoms with Gasteiger partial charge in [-0.3, -0.25) is 14.8 Å². The van der Waals surface area contributed by atoms with Gasteiger partial charge in [-0.1, -0.05) is 25.1 Å². The first-order valence-electron chi connectivity index (χ1n) is 9.66. The number of rotatable bonds is 7. The largest absolute Gasteiger partial charge is 0.464 e. The Labute approximate surface area is 184 Å². The first-order chi connectivity index (χ1) is 15.0. The van der Waals surface area contributed by atoms with Crippen molar-refractivity contribution in [3.8, 4) is 16.9 Å². The standard InChI is InChI=1S/C20H24N2O9S/c1-11-18(24)19(25)16(10-23)31-20(11)30-15-8-4-7-14(22(26)27)17(15)12-5-3-6-13(9-12)21-32(2,28)29/h3-9,11,16,18-21,23-25H,10H2,1-2H3/t11?,16?,18-,19+,20-/m1/s1. The van der Waals surface area contributed by atoms with Crippen LogP contribution in [0.2, 0.25) is 0 Å². The van der Waals surface area contributed by atoms with Crippen molar-refractivity contribution in [1.29, 1.82) is 0 Å². The maximum Gasteiger partial charge on any atom is 0.280 e. The molecular formula is C20H24N2O9S. The van der Waals surface area contributed by atoms with E-state index in [0.29, 0.717) is 5.56 Å². The molecule has 2 aromatic carbocycles. The highest BCUT2D eigenvalue weighted by atomic mass is 32.2. The lowest BCUT2D eigenvalue weighted by Gasteiger charge is -2.40. The zero-order valence-corrected chi connectivity index (χ0v) is 18.1. The van der Waals surface area contributed by atoms with Crippen LogP contribution in [-0.4, -0.2) is 66.1 Å². The molecule has 0 spiro atoms. The van der Waals surface area contributed by atoms with Gasteiger partial charge in [0.1, 0.15) is 23.5 Å². The van der Waals surface area contributed by atoms with Crippen LogP contribution in [-0.2, 0) is 14.8 Å². The van der Waals surface area contributed by atoms with Crippen molar-refractivity contribution in [3.63, 3.8) is 0 Å². The van der Waals surface area contributed by atoms with E-state index in [9.17, 15) is 33.9 Å². The van der Waals surface area contributed by atoms with Crippen LogP contribution in [0.25, 0.3) is 11.1 Å². The third kappa shape index (κ3) is 5.16. The van der Waals surface area contributed by atoms with Crippen LogP contribution in [0, 0.1) is 16.0 Å². The molecule has 3 rings (SSSR count). The minimum atomic E-state index is -3.57. The normalized spacial score (nSPS) is 25.8. The second-order valence-corrected chi connectivity index (χ2v) is 9.29. The third-order valence-corrected chi connectivity index (χ3v) is 5.69. The van der Waals surface area contributed by atoms with E-state index in [1.54, 1.807) is 13.0 Å². The number of nitrogens with one attached hydrogen (secondary N) is 1. The lowest BCUT2D eigenvalue weighted by Crippen LogP contribution is -2.56. The lowest BCUT2D eigenvalue weighted by molar-refractivity contribution is -0.384. The van der Waals surface area contributed by atoms with E-state index in [0.717, 1.165) is 6.26 Å². The highest BCUT2D eigenvalue weighted by Gasteiger charge is 2.43. The molecule has 11 nitrogen and oxygen atoms in total. The minimum Gasteiger partial charge on any atom is -0.464 e. The third-order valence-electron chi connectivity index (χ3n) is 5.09. The molecule has 1 fully saturated rings. The quantitative estimate of drug-likeness (QED) is 0.343. The topological polar surface area (TPSA) is 168 Å². The minimum absolute atomic E-state index is 0.0489. The number of sulfonamides is 1. The Balaban J connectivity index is 2.05. The predicted molar refractivity (Wildman–Crippen MR) is 115 cm³/mol. The molecule has 174 valence electrons. The highest BCUT2D eigenvalue weighted by Crippen LogP contribution is 2.41. The first kappa shape index (κ1) is 23.9. The molecule has 0 bridgehead atoms. The molecule has 4 N–H and O–H groups in total. The fourth-order valence-electron chi connectivity index (χ4n) is 3.49. The van der Waals surface area contributed by atoms with Crippen molar-refractivity contribution in [2.24, 2.45) is 5.92 Å². The molecule has 0 saturated carbocycles. The predicted octanol–water partition coefficient (Wildman–Crippen LogP) is 1.09. The summed E-state index contributed by atoms with van der Waals surface area (Å²) in [6.07, 6.45) is -3.81. The molecule has 0 radical (unpaired) electrons. The van der Waals surface area contributed by atoms with Crippen LogP contribution in [0.15, 0.2) is 42.5 Å². The molecule has 32 heavy (non-hydrogen) atoms. The summed E-state index contributed by atoms with van der Waals surface area (Å²) in [5.41, 5.74) is 0.298. The smallest absolute Gasteiger partial charge is 0.280 e. The van der Waals surface area contributed by atoms with Crippen molar-refractivity contribution in [1.82, 2.24) is 0 Å². The highest BCUT2D eigenvalue weighted by molar-refractivity contribution is 7.92. The number of benzene rings is 2. The molecule has 1 aliphatic heterocycles. The van der Waals surface area contributed by atoms with Gasteiger partial charge in [0, 0.05) is 17.7 Å². The molecule has 5 atom stereocenters. The van der Waals surface area contributed by atoms with E-state index < -0.39 is 52.1 Å². The maximum absolute atomic E-state index is 11.7. The molecular weight excluding hydrogens is 444 g/mol. The van der Waals surface area contributed by atoms with Gasteiger partial charge in [0.25, 0.3) is 5.69 Å². The molecule has 0 aliphatic carbocycles. The summed E-state index contributed by atoms with van der Waals surface area (Å²) < 4.78 is 36.9. The van der Waals surface area contributed by atoms with Crippen LogP contribution in [0.3, 0.4) is 0 Å². The van der Waals surface area contributed by atoms with Crippen LogP contribution in [0.5, 0.6) is 5.75 Å². The summed E-state index contributed by atoms with van der Waals surface area (Å²) in [6, 6.07) is 10.2. The van der Waals surface area contributed by atoms with Crippen LogP contribution in [0.1, 0.15) is 6.92 Å². The fraction of sp³-hybridized carbons (Fsp3) is 0.400. The van der Waals surface area contributed by atoms with Crippen molar-refractivity contribution < 1.29 is 38.1 Å². The van der Waals surface area contributed by atoms with E-state index in [2.05, 4.69) is 4.72 Å². The Morgan fingerprint density at radius 1 is 1.19 bits per heavy atom. The van der Waals surface area contributed by atoms with E-state index in [4.69, 9.17) is 9.47 Å². The molecule has 1 aliphatic rings. The molecule has 0 aromatic heterocycles. The Morgan fingerprint density at radius 2 is 1.88 bits per heavy atom. The second-order valence-electron chi connectivity index (χ2n) is 7.55. The zero-order valence-electron chi connectivity index (χ0n) is 17.3. The van der Waals surface area contributed by atoms with Gasteiger partial charge in [-0.15, -0.1) is 0 Å². The Morgan fingerprint density at radius 3 is 2.50 bits per heavy atom. The number of hydrogen-bond acceptors (Lipinski definition) is 9. The fourth-order valence-corrected chi connectivity index (χ4v) is 4.05. The maximum atomic E-state index is 11.7. The Hall–Kier alpha value is -2.77. The SMILES string of the molecule is CC1[C@H](Oc2cccc([N+](=O)[O-])c2-c2cccc(NS(C)(=O)=O)c2)OC(CO)[C@H](O)[C@@H]1O. The second kappa shape index (κ2) is 9.38. The van der Waals surface area contributed by atoms with E-state index >= 15 is 0 Å². The van der Waals surface area contributed by atoms with E-state index in [1.165, 1.54) is 36.4 Å². The van der Waals surface area contributed by atoms with Crippen molar-refractivity contribution in [2.45, 2.75) is 31.5 Å². The van der Waals surface area contributed by atoms with Gasteiger partial charge in [0.05, 0.1) is 23.9 Å². The average Bonchev–Trinajstić information content (AvgIpc) is 2.72. The number of ether oxygens (including phenoxy) is 2. The van der Waals surface area contributed by atoms with Crippen molar-refractivity contribution in [3.05, 3.63) is 52.6 Å². The molecule has 12 heteroatoms. The van der Waals surface area contributed by atoms with Gasteiger partial charge in [-0.2, -0.15) is 0 Å². The summed E-state index contributed by atoms with van der Waals surface area (Å²) in [7, 11) is -3.57. The molecule has 2 unspecified atom stereocenters. The molecule has 2 aromatic rings. The van der Waals surface area contributed by atoms with Crippen LogP contribution in [0.4, 0.5) is 11.4 Å². The number of hydrogen-bond donors (Lipinski definition) is 4. The number of nitro groups is 1. The van der Waals surface area contributed by atoms with Gasteiger partial charge in [0.2, 0.25) is 16.3 Å². The van der Waals surface area contributed by atoms with Gasteiger partial charge < -0.3 is 24.8 Å². The Kier molecular flexibility index (Phi) is 7.00. The number of nitro benzene ring substituents is 1. The van der Waals surface area contributed by atoms with E-state index in [1.807, 2.05) is 0 Å². The number of anilines is 1. The average molecular weight is 468 g/mol. The molecule has 1 saturated heterocycles. The molecule has 1 heterocycles. The summed E-state index contributed by atoms with van der Waals surface area (Å²) in [5, 5.41) is 41.4. The van der Waals surface area contributed by atoms with Crippen LogP contribution >= 0.6 is 0 Å². The Bertz CT molecular complexity index is 1090. The lowest BCUT2D eigenvalue weighted by atomic mass is 9.92. The van der Waals surface area contributed by atoms with E-state index in [-0.39, 0.29) is 22.7 Å². The number of aliphatic hydroxyl groups is 3. The van der Waals surface area contributed by atoms with Crippen molar-refractivity contribution >= 4 is 21.4 Å².